The fraction of sp³-hybridized carbons (Fsp3) is 0.235. The summed E-state index contributed by atoms with van der Waals surface area (Å²) in [5, 5.41) is 2.41. The summed E-state index contributed by atoms with van der Waals surface area (Å²) in [5.41, 5.74) is 2.35. The summed E-state index contributed by atoms with van der Waals surface area (Å²) >= 11 is 0. The average molecular weight is 264 g/mol. The number of imidazole rings is 1. The Labute approximate surface area is 117 Å². The van der Waals surface area contributed by atoms with Gasteiger partial charge < -0.3 is 9.30 Å². The Balaban J connectivity index is 1.89. The van der Waals surface area contributed by atoms with Crippen molar-refractivity contribution in [1.29, 1.82) is 0 Å². The predicted octanol–water partition coefficient (Wildman–Crippen LogP) is 3.70. The normalized spacial score (nSPS) is 13.8. The number of fused-ring (bicyclic) bond motifs is 4. The fourth-order valence-electron chi connectivity index (χ4n) is 2.98. The van der Waals surface area contributed by atoms with Crippen LogP contribution in [0.25, 0.3) is 21.8 Å². The number of hydrogen-bond acceptors (Lipinski definition) is 2. The van der Waals surface area contributed by atoms with Crippen LogP contribution in [-0.2, 0) is 13.0 Å². The molecule has 2 aromatic carbocycles. The van der Waals surface area contributed by atoms with E-state index >= 15 is 0 Å². The number of aryl methyl sites for hydroxylation is 2. The summed E-state index contributed by atoms with van der Waals surface area (Å²) in [7, 11) is 0. The van der Waals surface area contributed by atoms with Crippen molar-refractivity contribution in [3.05, 3.63) is 48.8 Å². The third-order valence-electron chi connectivity index (χ3n) is 3.91. The van der Waals surface area contributed by atoms with Gasteiger partial charge in [0.2, 0.25) is 0 Å². The van der Waals surface area contributed by atoms with E-state index in [9.17, 15) is 0 Å². The molecule has 1 aliphatic rings. The molecule has 0 fully saturated rings. The van der Waals surface area contributed by atoms with Crippen LogP contribution in [0.4, 0.5) is 0 Å². The van der Waals surface area contributed by atoms with Gasteiger partial charge in [-0.1, -0.05) is 18.7 Å². The highest BCUT2D eigenvalue weighted by molar-refractivity contribution is 5.96. The van der Waals surface area contributed by atoms with Crippen molar-refractivity contribution in [2.24, 2.45) is 0 Å². The van der Waals surface area contributed by atoms with Crippen molar-refractivity contribution in [3.8, 4) is 5.75 Å². The Hall–Kier alpha value is -2.29. The number of ether oxygens (including phenoxy) is 1. The van der Waals surface area contributed by atoms with Gasteiger partial charge in [-0.2, -0.15) is 0 Å². The average Bonchev–Trinajstić information content (AvgIpc) is 3.03. The van der Waals surface area contributed by atoms with E-state index in [1.807, 2.05) is 6.07 Å². The van der Waals surface area contributed by atoms with E-state index < -0.39 is 0 Å². The van der Waals surface area contributed by atoms with Gasteiger partial charge in [0, 0.05) is 13.0 Å². The van der Waals surface area contributed by atoms with Crippen molar-refractivity contribution in [1.82, 2.24) is 9.55 Å². The smallest absolute Gasteiger partial charge is 0.120 e. The molecule has 0 spiro atoms. The lowest BCUT2D eigenvalue weighted by atomic mass is 10.1. The summed E-state index contributed by atoms with van der Waals surface area (Å²) in [6.07, 6.45) is 4.06. The second-order valence-electron chi connectivity index (χ2n) is 5.23. The summed E-state index contributed by atoms with van der Waals surface area (Å²) in [6.45, 7) is 5.30. The lowest BCUT2D eigenvalue weighted by Crippen LogP contribution is -1.93. The van der Waals surface area contributed by atoms with E-state index in [0.717, 1.165) is 24.2 Å². The van der Waals surface area contributed by atoms with Gasteiger partial charge in [0.15, 0.2) is 0 Å². The zero-order valence-corrected chi connectivity index (χ0v) is 11.3. The van der Waals surface area contributed by atoms with Gasteiger partial charge >= 0.3 is 0 Å². The molecule has 4 rings (SSSR count). The van der Waals surface area contributed by atoms with Crippen LogP contribution in [0.15, 0.2) is 43.0 Å². The van der Waals surface area contributed by atoms with Crippen LogP contribution in [-0.4, -0.2) is 16.2 Å². The van der Waals surface area contributed by atoms with Crippen molar-refractivity contribution in [3.63, 3.8) is 0 Å². The van der Waals surface area contributed by atoms with Gasteiger partial charge in [0.25, 0.3) is 0 Å². The van der Waals surface area contributed by atoms with Crippen molar-refractivity contribution < 1.29 is 4.74 Å². The van der Waals surface area contributed by atoms with Gasteiger partial charge in [-0.25, -0.2) is 4.98 Å². The van der Waals surface area contributed by atoms with Gasteiger partial charge in [-0.05, 0) is 41.5 Å². The molecule has 0 aliphatic carbocycles. The second-order valence-corrected chi connectivity index (χ2v) is 5.23. The molecule has 0 bridgehead atoms. The highest BCUT2D eigenvalue weighted by Crippen LogP contribution is 2.29. The predicted molar refractivity (Wildman–Crippen MR) is 81.3 cm³/mol. The number of hydrogen-bond donors (Lipinski definition) is 0. The first-order valence-electron chi connectivity index (χ1n) is 7.02. The molecule has 1 aromatic heterocycles. The maximum atomic E-state index is 5.61. The van der Waals surface area contributed by atoms with E-state index in [2.05, 4.69) is 35.4 Å². The molecule has 20 heavy (non-hydrogen) atoms. The van der Waals surface area contributed by atoms with Crippen molar-refractivity contribution >= 4 is 21.8 Å². The Bertz CT molecular complexity index is 817. The minimum Gasteiger partial charge on any atom is -0.490 e. The first kappa shape index (κ1) is 11.5. The summed E-state index contributed by atoms with van der Waals surface area (Å²) in [4.78, 5) is 4.73. The lowest BCUT2D eigenvalue weighted by Gasteiger charge is -2.06. The molecule has 0 unspecified atom stereocenters. The van der Waals surface area contributed by atoms with E-state index in [0.29, 0.717) is 6.61 Å². The number of benzene rings is 2. The van der Waals surface area contributed by atoms with Crippen LogP contribution in [0, 0.1) is 0 Å². The zero-order chi connectivity index (χ0) is 13.5. The van der Waals surface area contributed by atoms with Gasteiger partial charge in [-0.15, -0.1) is 0 Å². The topological polar surface area (TPSA) is 27.1 Å². The minimum atomic E-state index is 0.538. The highest BCUT2D eigenvalue weighted by atomic mass is 16.5. The molecule has 0 amide bonds. The molecule has 100 valence electrons. The van der Waals surface area contributed by atoms with Crippen molar-refractivity contribution in [2.75, 3.05) is 6.61 Å². The molecule has 3 aromatic rings. The quantitative estimate of drug-likeness (QED) is 0.674. The molecule has 0 atom stereocenters. The van der Waals surface area contributed by atoms with Crippen molar-refractivity contribution in [2.45, 2.75) is 19.4 Å². The van der Waals surface area contributed by atoms with Crippen LogP contribution in [0.5, 0.6) is 5.75 Å². The van der Waals surface area contributed by atoms with E-state index in [-0.39, 0.29) is 0 Å². The first-order chi connectivity index (χ1) is 9.85. The first-order valence-corrected chi connectivity index (χ1v) is 7.02. The number of nitrogens with zero attached hydrogens (tertiary/aromatic N) is 2. The number of aromatic nitrogens is 2. The fourth-order valence-corrected chi connectivity index (χ4v) is 2.98. The van der Waals surface area contributed by atoms with E-state index in [4.69, 9.17) is 9.72 Å². The maximum absolute atomic E-state index is 5.61. The molecule has 2 heterocycles. The Morgan fingerprint density at radius 1 is 1.25 bits per heavy atom. The molecular weight excluding hydrogens is 248 g/mol. The van der Waals surface area contributed by atoms with Gasteiger partial charge in [0.05, 0.1) is 11.0 Å². The lowest BCUT2D eigenvalue weighted by molar-refractivity contribution is 0.364. The van der Waals surface area contributed by atoms with Crippen LogP contribution >= 0.6 is 0 Å². The molecule has 0 saturated carbocycles. The van der Waals surface area contributed by atoms with Crippen LogP contribution in [0.3, 0.4) is 0 Å². The zero-order valence-electron chi connectivity index (χ0n) is 11.3. The van der Waals surface area contributed by atoms with E-state index in [1.54, 1.807) is 6.08 Å². The van der Waals surface area contributed by atoms with Gasteiger partial charge in [0.1, 0.15) is 18.2 Å². The van der Waals surface area contributed by atoms with Crippen LogP contribution < -0.4 is 4.74 Å². The van der Waals surface area contributed by atoms with Crippen LogP contribution in [0.2, 0.25) is 0 Å². The van der Waals surface area contributed by atoms with E-state index in [1.165, 1.54) is 28.5 Å². The molecule has 3 heteroatoms. The largest absolute Gasteiger partial charge is 0.490 e. The molecule has 0 radical (unpaired) electrons. The Morgan fingerprint density at radius 2 is 2.20 bits per heavy atom. The third kappa shape index (κ3) is 1.70. The van der Waals surface area contributed by atoms with Gasteiger partial charge in [-0.3, -0.25) is 0 Å². The SMILES string of the molecule is C=CCOc1ccc2cc3nc4n(c3cc2c1)CCC4. The number of rotatable bonds is 3. The summed E-state index contributed by atoms with van der Waals surface area (Å²) in [6, 6.07) is 10.6. The Morgan fingerprint density at radius 3 is 3.10 bits per heavy atom. The molecule has 3 nitrogen and oxygen atoms in total. The molecule has 1 aliphatic heterocycles. The van der Waals surface area contributed by atoms with Crippen LogP contribution in [0.1, 0.15) is 12.2 Å². The summed E-state index contributed by atoms with van der Waals surface area (Å²) in [5.74, 6) is 2.11. The third-order valence-corrected chi connectivity index (χ3v) is 3.91. The molecular formula is C17H16N2O. The minimum absolute atomic E-state index is 0.538. The monoisotopic (exact) mass is 264 g/mol. The second kappa shape index (κ2) is 4.37. The highest BCUT2D eigenvalue weighted by Gasteiger charge is 2.16. The Kier molecular flexibility index (Phi) is 2.52. The molecule has 0 N–H and O–H groups in total. The standard InChI is InChI=1S/C17H16N2O/c1-2-8-20-14-6-5-12-10-15-16(11-13(12)9-14)19-7-3-4-17(19)18-15/h2,5-6,9-11H,1,3-4,7-8H2. The maximum Gasteiger partial charge on any atom is 0.120 e. The summed E-state index contributed by atoms with van der Waals surface area (Å²) < 4.78 is 7.95. The molecule has 0 saturated heterocycles.